The fourth-order valence-electron chi connectivity index (χ4n) is 2.79. The second kappa shape index (κ2) is 8.81. The van der Waals surface area contributed by atoms with Crippen LogP contribution in [0.1, 0.15) is 12.0 Å². The van der Waals surface area contributed by atoms with Crippen LogP contribution in [0.25, 0.3) is 22.1 Å². The highest BCUT2D eigenvalue weighted by atomic mass is 16.5. The molecule has 0 bridgehead atoms. The average molecular weight is 378 g/mol. The van der Waals surface area contributed by atoms with Crippen LogP contribution in [0.2, 0.25) is 0 Å². The van der Waals surface area contributed by atoms with Gasteiger partial charge >= 0.3 is 11.6 Å². The summed E-state index contributed by atoms with van der Waals surface area (Å²) in [6.07, 6.45) is 2.47. The van der Waals surface area contributed by atoms with Crippen molar-refractivity contribution >= 4 is 23.4 Å². The zero-order valence-corrected chi connectivity index (χ0v) is 15.1. The quantitative estimate of drug-likeness (QED) is 0.196. The van der Waals surface area contributed by atoms with Crippen molar-refractivity contribution in [3.8, 4) is 16.9 Å². The predicted octanol–water partition coefficient (Wildman–Crippen LogP) is 3.66. The topological polar surface area (TPSA) is 82.8 Å². The number of ether oxygens (including phenoxy) is 2. The zero-order valence-electron chi connectivity index (χ0n) is 15.1. The standard InChI is InChI=1S/C22H18O6/c1-2-21(24)26-11-3-4-15-5-6-17-13-19(22(25)28-20(17)12-15)16-7-9-18(10-8-16)27-14-23/h2,5-10,12-14H,1,3-4,11H2. The van der Waals surface area contributed by atoms with E-state index in [1.165, 1.54) is 0 Å². The Balaban J connectivity index is 1.78. The number of fused-ring (bicyclic) bond motifs is 1. The number of carbonyl (C=O) groups is 2. The molecule has 0 aliphatic heterocycles. The molecule has 0 radical (unpaired) electrons. The highest BCUT2D eigenvalue weighted by molar-refractivity contribution is 5.82. The summed E-state index contributed by atoms with van der Waals surface area (Å²) in [5, 5.41) is 0.796. The fourth-order valence-corrected chi connectivity index (χ4v) is 2.79. The van der Waals surface area contributed by atoms with E-state index in [0.29, 0.717) is 48.4 Å². The van der Waals surface area contributed by atoms with Gasteiger partial charge in [-0.3, -0.25) is 4.79 Å². The number of esters is 1. The average Bonchev–Trinajstić information content (AvgIpc) is 2.71. The molecule has 142 valence electrons. The van der Waals surface area contributed by atoms with E-state index in [4.69, 9.17) is 13.9 Å². The summed E-state index contributed by atoms with van der Waals surface area (Å²) < 4.78 is 15.2. The molecule has 2 aromatic carbocycles. The maximum absolute atomic E-state index is 12.4. The number of aryl methyl sites for hydroxylation is 1. The van der Waals surface area contributed by atoms with Gasteiger partial charge in [0.2, 0.25) is 0 Å². The lowest BCUT2D eigenvalue weighted by molar-refractivity contribution is -0.137. The van der Waals surface area contributed by atoms with Crippen LogP contribution >= 0.6 is 0 Å². The molecule has 0 N–H and O–H groups in total. The van der Waals surface area contributed by atoms with E-state index < -0.39 is 11.6 Å². The third-order valence-corrected chi connectivity index (χ3v) is 4.17. The summed E-state index contributed by atoms with van der Waals surface area (Å²) in [5.74, 6) is -0.0462. The molecule has 0 aliphatic rings. The molecule has 0 unspecified atom stereocenters. The van der Waals surface area contributed by atoms with E-state index in [2.05, 4.69) is 6.58 Å². The first kappa shape index (κ1) is 19.1. The van der Waals surface area contributed by atoms with Crippen LogP contribution in [0.5, 0.6) is 5.75 Å². The van der Waals surface area contributed by atoms with Gasteiger partial charge < -0.3 is 13.9 Å². The fraction of sp³-hybridized carbons (Fsp3) is 0.136. The zero-order chi connectivity index (χ0) is 19.9. The Morgan fingerprint density at radius 1 is 1.11 bits per heavy atom. The lowest BCUT2D eigenvalue weighted by Crippen LogP contribution is -2.04. The number of hydrogen-bond acceptors (Lipinski definition) is 6. The van der Waals surface area contributed by atoms with Gasteiger partial charge in [0.05, 0.1) is 12.2 Å². The number of carbonyl (C=O) groups excluding carboxylic acids is 2. The molecule has 1 heterocycles. The Kier molecular flexibility index (Phi) is 6.01. The summed E-state index contributed by atoms with van der Waals surface area (Å²) in [4.78, 5) is 33.8. The monoisotopic (exact) mass is 378 g/mol. The molecular formula is C22H18O6. The molecule has 3 aromatic rings. The lowest BCUT2D eigenvalue weighted by Gasteiger charge is -2.06. The van der Waals surface area contributed by atoms with Crippen LogP contribution in [0, 0.1) is 0 Å². The maximum atomic E-state index is 12.4. The molecule has 0 amide bonds. The van der Waals surface area contributed by atoms with Gasteiger partial charge in [-0.05, 0) is 48.2 Å². The van der Waals surface area contributed by atoms with Crippen LogP contribution in [0.15, 0.2) is 70.4 Å². The Hall–Kier alpha value is -3.67. The number of rotatable bonds is 8. The molecule has 28 heavy (non-hydrogen) atoms. The Labute approximate surface area is 161 Å². The maximum Gasteiger partial charge on any atom is 0.344 e. The molecule has 0 atom stereocenters. The van der Waals surface area contributed by atoms with Crippen molar-refractivity contribution in [2.45, 2.75) is 12.8 Å². The summed E-state index contributed by atoms with van der Waals surface area (Å²) in [5.41, 5.74) is 2.12. The minimum absolute atomic E-state index is 0.301. The molecule has 0 saturated heterocycles. The van der Waals surface area contributed by atoms with Crippen LogP contribution in [0.3, 0.4) is 0 Å². The highest BCUT2D eigenvalue weighted by Crippen LogP contribution is 2.24. The van der Waals surface area contributed by atoms with Gasteiger partial charge in [0, 0.05) is 11.5 Å². The smallest absolute Gasteiger partial charge is 0.344 e. The largest absolute Gasteiger partial charge is 0.463 e. The summed E-state index contributed by atoms with van der Waals surface area (Å²) in [6.45, 7) is 3.99. The Morgan fingerprint density at radius 3 is 2.61 bits per heavy atom. The van der Waals surface area contributed by atoms with E-state index in [1.807, 2.05) is 18.2 Å². The van der Waals surface area contributed by atoms with E-state index in [-0.39, 0.29) is 0 Å². The van der Waals surface area contributed by atoms with E-state index in [0.717, 1.165) is 17.0 Å². The lowest BCUT2D eigenvalue weighted by atomic mass is 10.0. The molecule has 0 spiro atoms. The first-order valence-corrected chi connectivity index (χ1v) is 8.67. The van der Waals surface area contributed by atoms with E-state index in [1.54, 1.807) is 30.3 Å². The second-order valence-electron chi connectivity index (χ2n) is 6.03. The van der Waals surface area contributed by atoms with Gasteiger partial charge in [0.25, 0.3) is 6.47 Å². The first-order chi connectivity index (χ1) is 13.6. The van der Waals surface area contributed by atoms with E-state index >= 15 is 0 Å². The Morgan fingerprint density at radius 2 is 1.89 bits per heavy atom. The number of hydrogen-bond donors (Lipinski definition) is 0. The second-order valence-corrected chi connectivity index (χ2v) is 6.03. The van der Waals surface area contributed by atoms with Gasteiger partial charge in [-0.2, -0.15) is 0 Å². The van der Waals surface area contributed by atoms with Gasteiger partial charge in [-0.15, -0.1) is 0 Å². The summed E-state index contributed by atoms with van der Waals surface area (Å²) >= 11 is 0. The van der Waals surface area contributed by atoms with Crippen molar-refractivity contribution in [3.05, 3.63) is 77.2 Å². The minimum atomic E-state index is -0.450. The Bertz CT molecular complexity index is 1060. The SMILES string of the molecule is C=CC(=O)OCCCc1ccc2cc(-c3ccc(OC=O)cc3)c(=O)oc2c1. The molecule has 3 rings (SSSR count). The minimum Gasteiger partial charge on any atom is -0.463 e. The van der Waals surface area contributed by atoms with Gasteiger partial charge in [-0.25, -0.2) is 9.59 Å². The van der Waals surface area contributed by atoms with Crippen LogP contribution in [-0.2, 0) is 20.7 Å². The van der Waals surface area contributed by atoms with Crippen molar-refractivity contribution in [1.29, 1.82) is 0 Å². The van der Waals surface area contributed by atoms with Crippen LogP contribution in [-0.4, -0.2) is 19.0 Å². The molecule has 0 fully saturated rings. The normalized spacial score (nSPS) is 10.4. The molecule has 0 saturated carbocycles. The van der Waals surface area contributed by atoms with E-state index in [9.17, 15) is 14.4 Å². The third-order valence-electron chi connectivity index (χ3n) is 4.17. The van der Waals surface area contributed by atoms with Crippen molar-refractivity contribution in [2.75, 3.05) is 6.61 Å². The first-order valence-electron chi connectivity index (χ1n) is 8.67. The predicted molar refractivity (Wildman–Crippen MR) is 104 cm³/mol. The van der Waals surface area contributed by atoms with Gasteiger partial charge in [0.15, 0.2) is 0 Å². The third kappa shape index (κ3) is 4.54. The summed E-state index contributed by atoms with van der Waals surface area (Å²) in [7, 11) is 0. The molecular weight excluding hydrogens is 360 g/mol. The number of benzene rings is 2. The van der Waals surface area contributed by atoms with Gasteiger partial charge in [-0.1, -0.05) is 30.8 Å². The van der Waals surface area contributed by atoms with Crippen molar-refractivity contribution in [2.24, 2.45) is 0 Å². The van der Waals surface area contributed by atoms with Crippen molar-refractivity contribution in [3.63, 3.8) is 0 Å². The molecule has 1 aromatic heterocycles. The summed E-state index contributed by atoms with van der Waals surface area (Å²) in [6, 6.07) is 14.0. The molecule has 6 heteroatoms. The van der Waals surface area contributed by atoms with Crippen LogP contribution in [0.4, 0.5) is 0 Å². The van der Waals surface area contributed by atoms with Gasteiger partial charge in [0.1, 0.15) is 11.3 Å². The molecule has 6 nitrogen and oxygen atoms in total. The van der Waals surface area contributed by atoms with Crippen LogP contribution < -0.4 is 10.4 Å². The van der Waals surface area contributed by atoms with Crippen molar-refractivity contribution < 1.29 is 23.5 Å². The van der Waals surface area contributed by atoms with Crippen molar-refractivity contribution in [1.82, 2.24) is 0 Å². The molecule has 0 aliphatic carbocycles. The highest BCUT2D eigenvalue weighted by Gasteiger charge is 2.09.